The largest absolute Gasteiger partial charge is 0.493 e. The second-order valence-corrected chi connectivity index (χ2v) is 5.06. The number of benzene rings is 1. The number of methoxy groups -OCH3 is 1. The standard InChI is InChI=1S/C14H18N4O2S/c1-3-6-20-11-5-4-10(7-12(11)19-2)8-16-18-14-17-13(15)9-21-14/h4-5,7-9H,3,6,15H2,1-2H3,(H,17,18). The molecule has 0 aliphatic heterocycles. The summed E-state index contributed by atoms with van der Waals surface area (Å²) < 4.78 is 10.9. The molecule has 0 saturated heterocycles. The fourth-order valence-electron chi connectivity index (χ4n) is 1.60. The zero-order chi connectivity index (χ0) is 15.1. The fraction of sp³-hybridized carbons (Fsp3) is 0.286. The molecule has 0 fully saturated rings. The van der Waals surface area contributed by atoms with E-state index in [2.05, 4.69) is 22.4 Å². The molecule has 1 aromatic carbocycles. The molecule has 1 heterocycles. The van der Waals surface area contributed by atoms with Gasteiger partial charge in [0.25, 0.3) is 0 Å². The summed E-state index contributed by atoms with van der Waals surface area (Å²) >= 11 is 1.40. The van der Waals surface area contributed by atoms with Gasteiger partial charge in [-0.2, -0.15) is 5.10 Å². The van der Waals surface area contributed by atoms with Crippen LogP contribution >= 0.6 is 11.3 Å². The van der Waals surface area contributed by atoms with Crippen molar-refractivity contribution in [1.29, 1.82) is 0 Å². The maximum absolute atomic E-state index is 5.60. The second kappa shape index (κ2) is 7.49. The van der Waals surface area contributed by atoms with Crippen molar-refractivity contribution in [2.45, 2.75) is 13.3 Å². The Balaban J connectivity index is 2.02. The lowest BCUT2D eigenvalue weighted by molar-refractivity contribution is 0.294. The number of nitrogens with zero attached hydrogens (tertiary/aromatic N) is 2. The minimum Gasteiger partial charge on any atom is -0.493 e. The molecule has 0 bridgehead atoms. The number of ether oxygens (including phenoxy) is 2. The summed E-state index contributed by atoms with van der Waals surface area (Å²) in [5.41, 5.74) is 9.25. The minimum atomic E-state index is 0.483. The highest BCUT2D eigenvalue weighted by Gasteiger charge is 2.04. The van der Waals surface area contributed by atoms with Crippen molar-refractivity contribution in [3.63, 3.8) is 0 Å². The van der Waals surface area contributed by atoms with Gasteiger partial charge in [-0.3, -0.25) is 5.43 Å². The van der Waals surface area contributed by atoms with Gasteiger partial charge >= 0.3 is 0 Å². The Morgan fingerprint density at radius 1 is 1.43 bits per heavy atom. The first-order valence-electron chi connectivity index (χ1n) is 6.54. The lowest BCUT2D eigenvalue weighted by Crippen LogP contribution is -1.98. The molecule has 6 nitrogen and oxygen atoms in total. The molecule has 1 aromatic heterocycles. The van der Waals surface area contributed by atoms with Crippen LogP contribution in [0.2, 0.25) is 0 Å². The lowest BCUT2D eigenvalue weighted by atomic mass is 10.2. The van der Waals surface area contributed by atoms with Crippen molar-refractivity contribution in [2.24, 2.45) is 5.10 Å². The Morgan fingerprint density at radius 2 is 2.29 bits per heavy atom. The van der Waals surface area contributed by atoms with Crippen LogP contribution in [0.3, 0.4) is 0 Å². The Labute approximate surface area is 127 Å². The van der Waals surface area contributed by atoms with E-state index in [1.165, 1.54) is 11.3 Å². The van der Waals surface area contributed by atoms with Crippen LogP contribution in [0.5, 0.6) is 11.5 Å². The molecule has 0 atom stereocenters. The van der Waals surface area contributed by atoms with E-state index < -0.39 is 0 Å². The van der Waals surface area contributed by atoms with Crippen molar-refractivity contribution in [3.8, 4) is 11.5 Å². The van der Waals surface area contributed by atoms with Crippen LogP contribution in [0.25, 0.3) is 0 Å². The van der Waals surface area contributed by atoms with Crippen LogP contribution in [-0.4, -0.2) is 24.9 Å². The topological polar surface area (TPSA) is 81.8 Å². The van der Waals surface area contributed by atoms with E-state index in [-0.39, 0.29) is 0 Å². The summed E-state index contributed by atoms with van der Waals surface area (Å²) in [4.78, 5) is 4.05. The highest BCUT2D eigenvalue weighted by molar-refractivity contribution is 7.14. The Morgan fingerprint density at radius 3 is 2.95 bits per heavy atom. The minimum absolute atomic E-state index is 0.483. The summed E-state index contributed by atoms with van der Waals surface area (Å²) in [7, 11) is 1.62. The van der Waals surface area contributed by atoms with Crippen LogP contribution in [0.1, 0.15) is 18.9 Å². The molecule has 0 aliphatic carbocycles. The van der Waals surface area contributed by atoms with Crippen molar-refractivity contribution in [2.75, 3.05) is 24.9 Å². The molecule has 0 amide bonds. The highest BCUT2D eigenvalue weighted by atomic mass is 32.1. The maximum atomic E-state index is 5.60. The van der Waals surface area contributed by atoms with E-state index in [1.54, 1.807) is 18.7 Å². The molecular formula is C14H18N4O2S. The number of hydrazone groups is 1. The van der Waals surface area contributed by atoms with Crippen LogP contribution < -0.4 is 20.6 Å². The average Bonchev–Trinajstić information content (AvgIpc) is 2.91. The molecule has 7 heteroatoms. The molecule has 2 rings (SSSR count). The van der Waals surface area contributed by atoms with E-state index in [4.69, 9.17) is 15.2 Å². The van der Waals surface area contributed by atoms with Crippen LogP contribution in [0.15, 0.2) is 28.7 Å². The molecule has 0 unspecified atom stereocenters. The van der Waals surface area contributed by atoms with Gasteiger partial charge in [-0.05, 0) is 30.2 Å². The van der Waals surface area contributed by atoms with Crippen LogP contribution in [-0.2, 0) is 0 Å². The highest BCUT2D eigenvalue weighted by Crippen LogP contribution is 2.27. The summed E-state index contributed by atoms with van der Waals surface area (Å²) in [6.07, 6.45) is 2.64. The number of nitrogen functional groups attached to an aromatic ring is 1. The van der Waals surface area contributed by atoms with E-state index in [0.29, 0.717) is 23.3 Å². The van der Waals surface area contributed by atoms with Crippen molar-refractivity contribution < 1.29 is 9.47 Å². The molecule has 112 valence electrons. The first-order valence-corrected chi connectivity index (χ1v) is 7.41. The number of rotatable bonds is 7. The number of thiazole rings is 1. The number of aromatic nitrogens is 1. The first kappa shape index (κ1) is 15.1. The van der Waals surface area contributed by atoms with Crippen LogP contribution in [0.4, 0.5) is 10.9 Å². The molecule has 3 N–H and O–H groups in total. The monoisotopic (exact) mass is 306 g/mol. The zero-order valence-corrected chi connectivity index (χ0v) is 12.8. The number of nitrogens with one attached hydrogen (secondary N) is 1. The molecule has 0 aliphatic rings. The predicted molar refractivity (Wildman–Crippen MR) is 86.5 cm³/mol. The van der Waals surface area contributed by atoms with Gasteiger partial charge in [-0.15, -0.1) is 11.3 Å². The number of hydrogen-bond donors (Lipinski definition) is 2. The van der Waals surface area contributed by atoms with Gasteiger partial charge in [-0.1, -0.05) is 6.92 Å². The quantitative estimate of drug-likeness (QED) is 0.607. The van der Waals surface area contributed by atoms with Gasteiger partial charge in [0.05, 0.1) is 19.9 Å². The van der Waals surface area contributed by atoms with E-state index in [1.807, 2.05) is 18.2 Å². The average molecular weight is 306 g/mol. The molecular weight excluding hydrogens is 288 g/mol. The molecule has 21 heavy (non-hydrogen) atoms. The molecule has 0 radical (unpaired) electrons. The Hall–Kier alpha value is -2.28. The Bertz CT molecular complexity index is 613. The fourth-order valence-corrected chi connectivity index (χ4v) is 2.14. The third kappa shape index (κ3) is 4.35. The summed E-state index contributed by atoms with van der Waals surface area (Å²) in [6, 6.07) is 5.65. The third-order valence-corrected chi connectivity index (χ3v) is 3.31. The number of hydrogen-bond acceptors (Lipinski definition) is 7. The van der Waals surface area contributed by atoms with Gasteiger partial charge in [0.15, 0.2) is 11.5 Å². The summed E-state index contributed by atoms with van der Waals surface area (Å²) in [6.45, 7) is 2.72. The summed E-state index contributed by atoms with van der Waals surface area (Å²) in [5.74, 6) is 1.90. The Kier molecular flexibility index (Phi) is 5.39. The third-order valence-electron chi connectivity index (χ3n) is 2.55. The van der Waals surface area contributed by atoms with Crippen molar-refractivity contribution in [1.82, 2.24) is 4.98 Å². The number of nitrogens with two attached hydrogens (primary N) is 1. The predicted octanol–water partition coefficient (Wildman–Crippen LogP) is 2.97. The SMILES string of the molecule is CCCOc1ccc(C=NNc2nc(N)cs2)cc1OC. The molecule has 2 aromatic rings. The van der Waals surface area contributed by atoms with E-state index in [0.717, 1.165) is 17.7 Å². The van der Waals surface area contributed by atoms with Gasteiger partial charge in [0.1, 0.15) is 5.82 Å². The van der Waals surface area contributed by atoms with Gasteiger partial charge in [0, 0.05) is 5.38 Å². The lowest BCUT2D eigenvalue weighted by Gasteiger charge is -2.10. The van der Waals surface area contributed by atoms with E-state index in [9.17, 15) is 0 Å². The second-order valence-electron chi connectivity index (χ2n) is 4.21. The zero-order valence-electron chi connectivity index (χ0n) is 12.0. The van der Waals surface area contributed by atoms with Gasteiger partial charge < -0.3 is 15.2 Å². The van der Waals surface area contributed by atoms with Gasteiger partial charge in [0.2, 0.25) is 5.13 Å². The van der Waals surface area contributed by atoms with Crippen molar-refractivity contribution >= 4 is 28.5 Å². The van der Waals surface area contributed by atoms with Gasteiger partial charge in [-0.25, -0.2) is 4.98 Å². The molecule has 0 spiro atoms. The van der Waals surface area contributed by atoms with Crippen molar-refractivity contribution in [3.05, 3.63) is 29.1 Å². The smallest absolute Gasteiger partial charge is 0.205 e. The number of anilines is 2. The maximum Gasteiger partial charge on any atom is 0.205 e. The summed E-state index contributed by atoms with van der Waals surface area (Å²) in [5, 5.41) is 6.52. The van der Waals surface area contributed by atoms with Crippen LogP contribution in [0, 0.1) is 0 Å². The normalized spacial score (nSPS) is 10.8. The van der Waals surface area contributed by atoms with E-state index >= 15 is 0 Å². The molecule has 0 saturated carbocycles. The first-order chi connectivity index (χ1) is 10.2.